The number of carbonyl (C=O) groups is 2. The molecule has 10 heteroatoms. The minimum atomic E-state index is -4.89. The number of carbonyl (C=O) groups excluding carboxylic acids is 2. The number of hydrogen-bond donors (Lipinski definition) is 1. The van der Waals surface area contributed by atoms with Crippen LogP contribution in [0.2, 0.25) is 0 Å². The molecule has 1 N–H and O–H groups in total. The molecule has 0 spiro atoms. The number of anilines is 1. The number of halogens is 3. The van der Waals surface area contributed by atoms with Gasteiger partial charge in [0.2, 0.25) is 0 Å². The molecule has 0 saturated carbocycles. The third-order valence-corrected chi connectivity index (χ3v) is 4.31. The number of nitrogens with one attached hydrogen (secondary N) is 1. The molecule has 7 nitrogen and oxygen atoms in total. The van der Waals surface area contributed by atoms with Crippen LogP contribution in [0.5, 0.6) is 0 Å². The summed E-state index contributed by atoms with van der Waals surface area (Å²) in [6, 6.07) is 4.93. The second kappa shape index (κ2) is 6.85. The van der Waals surface area contributed by atoms with Gasteiger partial charge in [-0.1, -0.05) is 0 Å². The first-order valence-electron chi connectivity index (χ1n) is 8.09. The summed E-state index contributed by atoms with van der Waals surface area (Å²) in [5.41, 5.74) is 1.49. The Morgan fingerprint density at radius 1 is 1.12 bits per heavy atom. The number of nitrogens with zero attached hydrogens (tertiary/aromatic N) is 4. The van der Waals surface area contributed by atoms with Crippen molar-refractivity contribution in [3.8, 4) is 0 Å². The van der Waals surface area contributed by atoms with Gasteiger partial charge in [0.15, 0.2) is 0 Å². The summed E-state index contributed by atoms with van der Waals surface area (Å²) in [6.45, 7) is 0.155. The number of hydrogen-bond acceptors (Lipinski definition) is 3. The molecule has 0 bridgehead atoms. The van der Waals surface area contributed by atoms with Gasteiger partial charge < -0.3 is 15.1 Å². The molecule has 0 aliphatic carbocycles. The van der Waals surface area contributed by atoms with Crippen LogP contribution >= 0.6 is 0 Å². The second-order valence-electron chi connectivity index (χ2n) is 6.10. The Morgan fingerprint density at radius 2 is 1.81 bits per heavy atom. The van der Waals surface area contributed by atoms with E-state index in [4.69, 9.17) is 0 Å². The first-order chi connectivity index (χ1) is 12.3. The Kier molecular flexibility index (Phi) is 4.75. The molecule has 1 aromatic carbocycles. The topological polar surface area (TPSA) is 70.5 Å². The van der Waals surface area contributed by atoms with Crippen LogP contribution in [0.4, 0.5) is 23.7 Å². The number of urea groups is 1. The maximum absolute atomic E-state index is 12.5. The predicted octanol–water partition coefficient (Wildman–Crippen LogP) is 2.20. The van der Waals surface area contributed by atoms with E-state index in [-0.39, 0.29) is 32.6 Å². The van der Waals surface area contributed by atoms with E-state index in [2.05, 4.69) is 10.4 Å². The van der Waals surface area contributed by atoms with Crippen molar-refractivity contribution >= 4 is 28.5 Å². The molecule has 1 fully saturated rings. The maximum atomic E-state index is 12.5. The molecule has 3 rings (SSSR count). The standard InChI is InChI=1S/C16H18F3N5O2/c1-22-13-4-3-12(9-11(13)10-20-22)21-15(26)24-6-2-5-23(7-8-24)14(25)16(17,18)19/h3-4,9-10H,2,5-8H2,1H3,(H,21,26). The van der Waals surface area contributed by atoms with Crippen molar-refractivity contribution in [3.05, 3.63) is 24.4 Å². The lowest BCUT2D eigenvalue weighted by molar-refractivity contribution is -0.185. The molecule has 140 valence electrons. The summed E-state index contributed by atoms with van der Waals surface area (Å²) in [4.78, 5) is 25.9. The van der Waals surface area contributed by atoms with Gasteiger partial charge in [-0.05, 0) is 24.6 Å². The van der Waals surface area contributed by atoms with Crippen molar-refractivity contribution in [2.75, 3.05) is 31.5 Å². The van der Waals surface area contributed by atoms with Crippen molar-refractivity contribution in [2.45, 2.75) is 12.6 Å². The Morgan fingerprint density at radius 3 is 2.54 bits per heavy atom. The van der Waals surface area contributed by atoms with Crippen LogP contribution in [0.1, 0.15) is 6.42 Å². The lowest BCUT2D eigenvalue weighted by Gasteiger charge is -2.23. The van der Waals surface area contributed by atoms with Crippen LogP contribution in [-0.4, -0.2) is 63.9 Å². The first kappa shape index (κ1) is 18.0. The highest BCUT2D eigenvalue weighted by molar-refractivity contribution is 5.92. The number of fused-ring (bicyclic) bond motifs is 1. The van der Waals surface area contributed by atoms with E-state index in [1.165, 1.54) is 4.90 Å². The van der Waals surface area contributed by atoms with E-state index in [1.807, 2.05) is 13.1 Å². The minimum absolute atomic E-state index is 0.0240. The maximum Gasteiger partial charge on any atom is 0.471 e. The van der Waals surface area contributed by atoms with Gasteiger partial charge in [-0.2, -0.15) is 18.3 Å². The van der Waals surface area contributed by atoms with E-state index < -0.39 is 18.1 Å². The van der Waals surface area contributed by atoms with Crippen molar-refractivity contribution in [1.82, 2.24) is 19.6 Å². The Labute approximate surface area is 147 Å². The smallest absolute Gasteiger partial charge is 0.333 e. The summed E-state index contributed by atoms with van der Waals surface area (Å²) >= 11 is 0. The van der Waals surface area contributed by atoms with E-state index in [0.29, 0.717) is 5.69 Å². The van der Waals surface area contributed by atoms with Gasteiger partial charge in [-0.3, -0.25) is 9.48 Å². The molecule has 0 unspecified atom stereocenters. The van der Waals surface area contributed by atoms with Crippen molar-refractivity contribution in [2.24, 2.45) is 7.05 Å². The van der Waals surface area contributed by atoms with Gasteiger partial charge in [0.25, 0.3) is 0 Å². The van der Waals surface area contributed by atoms with Crippen molar-refractivity contribution < 1.29 is 22.8 Å². The van der Waals surface area contributed by atoms with Crippen molar-refractivity contribution in [1.29, 1.82) is 0 Å². The molecule has 1 aliphatic heterocycles. The van der Waals surface area contributed by atoms with Crippen molar-refractivity contribution in [3.63, 3.8) is 0 Å². The number of rotatable bonds is 1. The van der Waals surface area contributed by atoms with Crippen LogP contribution in [-0.2, 0) is 11.8 Å². The number of aromatic nitrogens is 2. The summed E-state index contributed by atoms with van der Waals surface area (Å²) in [6.07, 6.45) is -2.93. The SMILES string of the molecule is Cn1ncc2cc(NC(=O)N3CCCN(C(=O)C(F)(F)F)CC3)ccc21. The fourth-order valence-electron chi connectivity index (χ4n) is 2.95. The van der Waals surface area contributed by atoms with Crippen LogP contribution < -0.4 is 5.32 Å². The highest BCUT2D eigenvalue weighted by Gasteiger charge is 2.42. The Hall–Kier alpha value is -2.78. The molecular weight excluding hydrogens is 351 g/mol. The Balaban J connectivity index is 1.63. The van der Waals surface area contributed by atoms with Gasteiger partial charge in [0.05, 0.1) is 11.7 Å². The molecule has 1 aromatic heterocycles. The van der Waals surface area contributed by atoms with E-state index >= 15 is 0 Å². The van der Waals surface area contributed by atoms with E-state index in [0.717, 1.165) is 15.8 Å². The zero-order valence-corrected chi connectivity index (χ0v) is 14.1. The molecular formula is C16H18F3N5O2. The molecule has 0 radical (unpaired) electrons. The van der Waals surface area contributed by atoms with E-state index in [1.54, 1.807) is 23.0 Å². The highest BCUT2D eigenvalue weighted by atomic mass is 19.4. The first-order valence-corrected chi connectivity index (χ1v) is 8.09. The van der Waals surface area contributed by atoms with Gasteiger partial charge in [-0.25, -0.2) is 4.79 Å². The highest BCUT2D eigenvalue weighted by Crippen LogP contribution is 2.21. The zero-order valence-electron chi connectivity index (χ0n) is 14.1. The quantitative estimate of drug-likeness (QED) is 0.838. The number of benzene rings is 1. The van der Waals surface area contributed by atoms with Crippen LogP contribution in [0.3, 0.4) is 0 Å². The Bertz CT molecular complexity index is 833. The van der Waals surface area contributed by atoms with Gasteiger partial charge >= 0.3 is 18.1 Å². The minimum Gasteiger partial charge on any atom is -0.333 e. The molecule has 26 heavy (non-hydrogen) atoms. The number of alkyl halides is 3. The average Bonchev–Trinajstić information content (AvgIpc) is 2.80. The molecule has 1 saturated heterocycles. The van der Waals surface area contributed by atoms with Crippen LogP contribution in [0.25, 0.3) is 10.9 Å². The lowest BCUT2D eigenvalue weighted by Crippen LogP contribution is -2.44. The van der Waals surface area contributed by atoms with E-state index in [9.17, 15) is 22.8 Å². The second-order valence-corrected chi connectivity index (χ2v) is 6.10. The predicted molar refractivity (Wildman–Crippen MR) is 88.6 cm³/mol. The summed E-state index contributed by atoms with van der Waals surface area (Å²) in [5, 5.41) is 7.73. The zero-order chi connectivity index (χ0) is 18.9. The lowest BCUT2D eigenvalue weighted by atomic mass is 10.2. The summed E-state index contributed by atoms with van der Waals surface area (Å²) in [7, 11) is 1.81. The van der Waals surface area contributed by atoms with Crippen LogP contribution in [0.15, 0.2) is 24.4 Å². The molecule has 3 amide bonds. The summed E-state index contributed by atoms with van der Waals surface area (Å²) in [5.74, 6) is -1.86. The van der Waals surface area contributed by atoms with Gasteiger partial charge in [-0.15, -0.1) is 0 Å². The van der Waals surface area contributed by atoms with Gasteiger partial charge in [0.1, 0.15) is 0 Å². The molecule has 0 atom stereocenters. The average molecular weight is 369 g/mol. The fourth-order valence-corrected chi connectivity index (χ4v) is 2.95. The molecule has 1 aliphatic rings. The third kappa shape index (κ3) is 3.73. The third-order valence-electron chi connectivity index (χ3n) is 4.31. The fraction of sp³-hybridized carbons (Fsp3) is 0.438. The number of aryl methyl sites for hydroxylation is 1. The normalized spacial score (nSPS) is 15.8. The molecule has 2 heterocycles. The van der Waals surface area contributed by atoms with Gasteiger partial charge in [0, 0.05) is 44.3 Å². The van der Waals surface area contributed by atoms with Crippen LogP contribution in [0, 0.1) is 0 Å². The summed E-state index contributed by atoms with van der Waals surface area (Å²) < 4.78 is 39.4. The number of amides is 3. The monoisotopic (exact) mass is 369 g/mol. The largest absolute Gasteiger partial charge is 0.471 e. The molecule has 2 aromatic rings.